The van der Waals surface area contributed by atoms with Gasteiger partial charge in [-0.3, -0.25) is 4.90 Å². The molecule has 3 heterocycles. The molecule has 0 aliphatic carbocycles. The number of benzene rings is 1. The van der Waals surface area contributed by atoms with E-state index in [9.17, 15) is 0 Å². The van der Waals surface area contributed by atoms with E-state index in [0.717, 1.165) is 30.3 Å². The first-order valence-corrected chi connectivity index (χ1v) is 10.9. The molecule has 0 unspecified atom stereocenters. The largest absolute Gasteiger partial charge is 0.414 e. The van der Waals surface area contributed by atoms with Crippen LogP contribution in [-0.2, 0) is 19.6 Å². The molecule has 1 fully saturated rings. The number of nitrogens with zero attached hydrogens (tertiary/aromatic N) is 5. The monoisotopic (exact) mass is 415 g/mol. The van der Waals surface area contributed by atoms with Gasteiger partial charge in [-0.25, -0.2) is 9.67 Å². The lowest BCUT2D eigenvalue weighted by Gasteiger charge is -2.24. The van der Waals surface area contributed by atoms with E-state index in [-0.39, 0.29) is 0 Å². The zero-order valence-electron chi connectivity index (χ0n) is 16.3. The summed E-state index contributed by atoms with van der Waals surface area (Å²) < 4.78 is 7.43. The van der Waals surface area contributed by atoms with Crippen LogP contribution in [-0.4, -0.2) is 39.8 Å². The summed E-state index contributed by atoms with van der Waals surface area (Å²) in [6, 6.07) is 8.67. The van der Waals surface area contributed by atoms with Crippen LogP contribution in [0.15, 0.2) is 34.1 Å². The number of hydrogen-bond donors (Lipinski definition) is 0. The Bertz CT molecular complexity index is 986. The third-order valence-corrected chi connectivity index (χ3v) is 6.02. The summed E-state index contributed by atoms with van der Waals surface area (Å²) in [5.74, 6) is 0.612. The van der Waals surface area contributed by atoms with Gasteiger partial charge in [-0.15, -0.1) is 16.4 Å². The molecule has 0 N–H and O–H groups in total. The summed E-state index contributed by atoms with van der Waals surface area (Å²) in [6.45, 7) is 5.72. The van der Waals surface area contributed by atoms with Crippen molar-refractivity contribution in [1.29, 1.82) is 0 Å². The van der Waals surface area contributed by atoms with Crippen molar-refractivity contribution >= 4 is 29.2 Å². The van der Waals surface area contributed by atoms with Crippen LogP contribution >= 0.6 is 23.6 Å². The second-order valence-corrected chi connectivity index (χ2v) is 8.69. The van der Waals surface area contributed by atoms with E-state index in [2.05, 4.69) is 51.2 Å². The minimum Gasteiger partial charge on any atom is -0.414 e. The summed E-state index contributed by atoms with van der Waals surface area (Å²) in [5.41, 5.74) is 3.65. The zero-order chi connectivity index (χ0) is 19.5. The van der Waals surface area contributed by atoms with Gasteiger partial charge in [0.1, 0.15) is 0 Å². The predicted octanol–water partition coefficient (Wildman–Crippen LogP) is 4.25. The molecule has 1 aliphatic heterocycles. The Morgan fingerprint density at radius 2 is 2.04 bits per heavy atom. The lowest BCUT2D eigenvalue weighted by Crippen LogP contribution is -2.25. The minimum absolute atomic E-state index is 0.404. The molecular weight excluding hydrogens is 390 g/mol. The van der Waals surface area contributed by atoms with Gasteiger partial charge >= 0.3 is 0 Å². The fourth-order valence-corrected chi connectivity index (χ4v) is 4.44. The topological polar surface area (TPSA) is 50.3 Å². The van der Waals surface area contributed by atoms with E-state index in [1.165, 1.54) is 24.1 Å². The average molecular weight is 416 g/mol. The zero-order valence-corrected chi connectivity index (χ0v) is 17.9. The van der Waals surface area contributed by atoms with Crippen molar-refractivity contribution in [2.45, 2.75) is 39.4 Å². The molecule has 3 aromatic rings. The van der Waals surface area contributed by atoms with Gasteiger partial charge in [0.05, 0.1) is 23.8 Å². The number of aromatic nitrogens is 3. The molecule has 6 nitrogen and oxygen atoms in total. The van der Waals surface area contributed by atoms with Gasteiger partial charge in [0.25, 0.3) is 4.84 Å². The second kappa shape index (κ2) is 8.55. The molecule has 2 aromatic heterocycles. The Labute approximate surface area is 174 Å². The van der Waals surface area contributed by atoms with Crippen LogP contribution < -0.4 is 4.90 Å². The Hall–Kier alpha value is -2.03. The van der Waals surface area contributed by atoms with Gasteiger partial charge in [-0.1, -0.05) is 18.2 Å². The SMILES string of the molecule is Cc1nc(Cc2nn(CN(C)Cc3ccccc3N3CCCC3)c(=S)o2)cs1. The number of para-hydroxylation sites is 1. The summed E-state index contributed by atoms with van der Waals surface area (Å²) in [4.78, 5) is 9.57. The van der Waals surface area contributed by atoms with Crippen molar-refractivity contribution < 1.29 is 4.42 Å². The highest BCUT2D eigenvalue weighted by Gasteiger charge is 2.17. The highest BCUT2D eigenvalue weighted by atomic mass is 32.1. The molecule has 4 rings (SSSR count). The third kappa shape index (κ3) is 4.51. The van der Waals surface area contributed by atoms with Gasteiger partial charge in [0.15, 0.2) is 0 Å². The van der Waals surface area contributed by atoms with Crippen LogP contribution in [0.2, 0.25) is 0 Å². The van der Waals surface area contributed by atoms with Gasteiger partial charge in [0, 0.05) is 30.7 Å². The normalized spacial score (nSPS) is 14.3. The lowest BCUT2D eigenvalue weighted by molar-refractivity contribution is 0.241. The van der Waals surface area contributed by atoms with Crippen molar-refractivity contribution in [3.05, 3.63) is 56.6 Å². The van der Waals surface area contributed by atoms with Crippen LogP contribution in [0.3, 0.4) is 0 Å². The molecule has 8 heteroatoms. The molecule has 0 amide bonds. The van der Waals surface area contributed by atoms with E-state index in [0.29, 0.717) is 23.8 Å². The highest BCUT2D eigenvalue weighted by Crippen LogP contribution is 2.25. The molecule has 0 atom stereocenters. The van der Waals surface area contributed by atoms with E-state index in [1.54, 1.807) is 16.0 Å². The Kier molecular flexibility index (Phi) is 5.89. The van der Waals surface area contributed by atoms with Crippen LogP contribution in [0.25, 0.3) is 0 Å². The van der Waals surface area contributed by atoms with E-state index in [4.69, 9.17) is 16.6 Å². The first-order valence-electron chi connectivity index (χ1n) is 9.58. The molecule has 1 aromatic carbocycles. The van der Waals surface area contributed by atoms with Crippen molar-refractivity contribution in [2.24, 2.45) is 0 Å². The van der Waals surface area contributed by atoms with Gasteiger partial charge < -0.3 is 9.32 Å². The highest BCUT2D eigenvalue weighted by molar-refractivity contribution is 7.71. The summed E-state index contributed by atoms with van der Waals surface area (Å²) in [7, 11) is 2.08. The number of hydrogen-bond acceptors (Lipinski definition) is 7. The Morgan fingerprint density at radius 3 is 2.79 bits per heavy atom. The van der Waals surface area contributed by atoms with Crippen LogP contribution in [0, 0.1) is 11.8 Å². The fraction of sp³-hybridized carbons (Fsp3) is 0.450. The molecule has 1 aliphatic rings. The predicted molar refractivity (Wildman–Crippen MR) is 114 cm³/mol. The Balaban J connectivity index is 1.43. The molecule has 0 spiro atoms. The van der Waals surface area contributed by atoms with Gasteiger partial charge in [-0.05, 0) is 50.7 Å². The maximum absolute atomic E-state index is 5.68. The maximum Gasteiger partial charge on any atom is 0.288 e. The molecule has 0 saturated carbocycles. The maximum atomic E-state index is 5.68. The van der Waals surface area contributed by atoms with E-state index < -0.39 is 0 Å². The standard InChI is InChI=1S/C20H25N5OS2/c1-15-21-17(13-28-15)11-19-22-25(20(27)26-19)14-23(2)12-16-7-3-4-8-18(16)24-9-5-6-10-24/h3-4,7-8,13H,5-6,9-12,14H2,1-2H3. The number of thiazole rings is 1. The van der Waals surface area contributed by atoms with Crippen molar-refractivity contribution in [2.75, 3.05) is 25.0 Å². The number of anilines is 1. The lowest BCUT2D eigenvalue weighted by atomic mass is 10.1. The smallest absolute Gasteiger partial charge is 0.288 e. The van der Waals surface area contributed by atoms with E-state index in [1.807, 2.05) is 12.3 Å². The molecule has 148 valence electrons. The van der Waals surface area contributed by atoms with Crippen molar-refractivity contribution in [1.82, 2.24) is 19.7 Å². The quantitative estimate of drug-likeness (QED) is 0.538. The second-order valence-electron chi connectivity index (χ2n) is 7.27. The van der Waals surface area contributed by atoms with Gasteiger partial charge in [-0.2, -0.15) is 0 Å². The average Bonchev–Trinajstić information content (AvgIpc) is 3.39. The van der Waals surface area contributed by atoms with Crippen molar-refractivity contribution in [3.8, 4) is 0 Å². The minimum atomic E-state index is 0.404. The molecular formula is C20H25N5OS2. The molecule has 28 heavy (non-hydrogen) atoms. The van der Waals surface area contributed by atoms with Gasteiger partial charge in [0.2, 0.25) is 5.89 Å². The van der Waals surface area contributed by atoms with Crippen LogP contribution in [0.5, 0.6) is 0 Å². The summed E-state index contributed by atoms with van der Waals surface area (Å²) in [6.07, 6.45) is 3.13. The molecule has 0 radical (unpaired) electrons. The number of aryl methyl sites for hydroxylation is 1. The summed E-state index contributed by atoms with van der Waals surface area (Å²) in [5, 5.41) is 7.64. The Morgan fingerprint density at radius 1 is 1.25 bits per heavy atom. The fourth-order valence-electron chi connectivity index (χ4n) is 3.64. The molecule has 1 saturated heterocycles. The third-order valence-electron chi connectivity index (χ3n) is 4.90. The summed E-state index contributed by atoms with van der Waals surface area (Å²) >= 11 is 7.00. The van der Waals surface area contributed by atoms with Crippen molar-refractivity contribution in [3.63, 3.8) is 0 Å². The first-order chi connectivity index (χ1) is 13.6. The first kappa shape index (κ1) is 19.3. The van der Waals surface area contributed by atoms with E-state index >= 15 is 0 Å². The van der Waals surface area contributed by atoms with Crippen LogP contribution in [0.1, 0.15) is 35.0 Å². The van der Waals surface area contributed by atoms with Crippen LogP contribution in [0.4, 0.5) is 5.69 Å². The number of rotatable bonds is 7. The molecule has 0 bridgehead atoms.